The number of amides is 1. The molecule has 0 saturated carbocycles. The van der Waals surface area contributed by atoms with Gasteiger partial charge in [-0.05, 0) is 18.1 Å². The average Bonchev–Trinajstić information content (AvgIpc) is 3.11. The number of hydrogen-bond donors (Lipinski definition) is 1. The molecule has 3 rings (SSSR count). The van der Waals surface area contributed by atoms with E-state index in [0.29, 0.717) is 19.5 Å². The minimum Gasteiger partial charge on any atom is -0.478 e. The molecule has 0 saturated heterocycles. The number of para-hydroxylation sites is 1. The van der Waals surface area contributed by atoms with Gasteiger partial charge in [0.15, 0.2) is 0 Å². The Bertz CT molecular complexity index is 693. The van der Waals surface area contributed by atoms with Crippen LogP contribution in [0.2, 0.25) is 0 Å². The molecule has 0 atom stereocenters. The van der Waals surface area contributed by atoms with Crippen molar-refractivity contribution in [3.05, 3.63) is 47.8 Å². The summed E-state index contributed by atoms with van der Waals surface area (Å²) in [7, 11) is 0. The van der Waals surface area contributed by atoms with Crippen molar-refractivity contribution >= 4 is 17.6 Å². The number of carbonyl (C=O) groups excluding carboxylic acids is 1. The first-order valence-electron chi connectivity index (χ1n) is 6.79. The molecule has 0 bridgehead atoms. The third-order valence-corrected chi connectivity index (χ3v) is 3.62. The molecular weight excluding hydrogens is 270 g/mol. The Kier molecular flexibility index (Phi) is 3.43. The average molecular weight is 285 g/mol. The summed E-state index contributed by atoms with van der Waals surface area (Å²) in [5.74, 6) is -0.978. The number of anilines is 1. The van der Waals surface area contributed by atoms with Gasteiger partial charge in [0, 0.05) is 31.4 Å². The minimum atomic E-state index is -1.01. The third kappa shape index (κ3) is 2.65. The Morgan fingerprint density at radius 2 is 2.10 bits per heavy atom. The largest absolute Gasteiger partial charge is 0.478 e. The van der Waals surface area contributed by atoms with Gasteiger partial charge < -0.3 is 10.0 Å². The van der Waals surface area contributed by atoms with Crippen molar-refractivity contribution in [1.82, 2.24) is 9.78 Å². The smallest absolute Gasteiger partial charge is 0.338 e. The molecule has 108 valence electrons. The molecule has 1 amide bonds. The fourth-order valence-electron chi connectivity index (χ4n) is 2.54. The number of carboxylic acids is 1. The van der Waals surface area contributed by atoms with Crippen LogP contribution in [0.15, 0.2) is 36.7 Å². The van der Waals surface area contributed by atoms with Crippen LogP contribution in [0.4, 0.5) is 5.69 Å². The van der Waals surface area contributed by atoms with Gasteiger partial charge in [-0.25, -0.2) is 4.79 Å². The lowest BCUT2D eigenvalue weighted by Gasteiger charge is -2.17. The van der Waals surface area contributed by atoms with Crippen LogP contribution in [-0.2, 0) is 17.8 Å². The van der Waals surface area contributed by atoms with E-state index in [1.54, 1.807) is 4.90 Å². The van der Waals surface area contributed by atoms with Crippen molar-refractivity contribution in [1.29, 1.82) is 0 Å². The van der Waals surface area contributed by atoms with Crippen LogP contribution in [-0.4, -0.2) is 33.3 Å². The summed E-state index contributed by atoms with van der Waals surface area (Å²) >= 11 is 0. The summed E-state index contributed by atoms with van der Waals surface area (Å²) in [5, 5.41) is 12.8. The lowest BCUT2D eigenvalue weighted by atomic mass is 10.2. The number of carbonyl (C=O) groups is 2. The number of carboxylic acid groups (broad SMARTS) is 1. The molecule has 1 aromatic carbocycles. The highest BCUT2D eigenvalue weighted by Crippen LogP contribution is 2.27. The highest BCUT2D eigenvalue weighted by molar-refractivity contribution is 5.95. The molecule has 1 N–H and O–H groups in total. The molecule has 2 heterocycles. The third-order valence-electron chi connectivity index (χ3n) is 3.62. The maximum absolute atomic E-state index is 12.3. The second-order valence-electron chi connectivity index (χ2n) is 4.97. The van der Waals surface area contributed by atoms with Crippen molar-refractivity contribution in [2.24, 2.45) is 0 Å². The van der Waals surface area contributed by atoms with Crippen LogP contribution in [0.25, 0.3) is 0 Å². The molecule has 21 heavy (non-hydrogen) atoms. The van der Waals surface area contributed by atoms with Gasteiger partial charge in [-0.3, -0.25) is 9.48 Å². The number of nitrogens with zero attached hydrogens (tertiary/aromatic N) is 3. The van der Waals surface area contributed by atoms with Gasteiger partial charge in [0.05, 0.1) is 11.8 Å². The number of benzene rings is 1. The van der Waals surface area contributed by atoms with Gasteiger partial charge in [-0.1, -0.05) is 18.2 Å². The van der Waals surface area contributed by atoms with E-state index in [4.69, 9.17) is 5.11 Å². The van der Waals surface area contributed by atoms with Crippen molar-refractivity contribution in [3.63, 3.8) is 0 Å². The van der Waals surface area contributed by atoms with E-state index in [0.717, 1.165) is 12.1 Å². The topological polar surface area (TPSA) is 75.4 Å². The van der Waals surface area contributed by atoms with E-state index in [9.17, 15) is 9.59 Å². The maximum atomic E-state index is 12.3. The van der Waals surface area contributed by atoms with Crippen LogP contribution in [0.5, 0.6) is 0 Å². The maximum Gasteiger partial charge on any atom is 0.338 e. The number of aryl methyl sites for hydroxylation is 1. The standard InChI is InChI=1S/C15H15N3O3/c19-14(6-7-17-10-12(9-16-17)15(20)21)18-8-5-11-3-1-2-4-13(11)18/h1-4,9-10H,5-8H2,(H,20,21). The molecule has 0 unspecified atom stereocenters. The molecule has 0 radical (unpaired) electrons. The molecule has 2 aromatic rings. The molecule has 6 nitrogen and oxygen atoms in total. The molecule has 1 aromatic heterocycles. The van der Waals surface area contributed by atoms with Gasteiger partial charge in [0.25, 0.3) is 0 Å². The summed E-state index contributed by atoms with van der Waals surface area (Å²) in [6, 6.07) is 7.90. The van der Waals surface area contributed by atoms with Gasteiger partial charge >= 0.3 is 5.97 Å². The van der Waals surface area contributed by atoms with E-state index in [2.05, 4.69) is 5.10 Å². The van der Waals surface area contributed by atoms with Crippen LogP contribution < -0.4 is 4.90 Å². The molecule has 0 spiro atoms. The number of fused-ring (bicyclic) bond motifs is 1. The summed E-state index contributed by atoms with van der Waals surface area (Å²) in [5.41, 5.74) is 2.31. The molecule has 1 aliphatic rings. The first-order valence-corrected chi connectivity index (χ1v) is 6.79. The van der Waals surface area contributed by atoms with Gasteiger partial charge in [0.2, 0.25) is 5.91 Å². The molecule has 0 aliphatic carbocycles. The first kappa shape index (κ1) is 13.4. The highest BCUT2D eigenvalue weighted by Gasteiger charge is 2.23. The highest BCUT2D eigenvalue weighted by atomic mass is 16.4. The molecule has 1 aliphatic heterocycles. The Hall–Kier alpha value is -2.63. The summed E-state index contributed by atoms with van der Waals surface area (Å²) in [4.78, 5) is 24.8. The van der Waals surface area contributed by atoms with Gasteiger partial charge in [0.1, 0.15) is 0 Å². The zero-order valence-electron chi connectivity index (χ0n) is 11.4. The van der Waals surface area contributed by atoms with E-state index in [1.807, 2.05) is 24.3 Å². The number of hydrogen-bond acceptors (Lipinski definition) is 3. The summed E-state index contributed by atoms with van der Waals surface area (Å²) in [6.07, 6.45) is 3.91. The zero-order chi connectivity index (χ0) is 14.8. The molecule has 0 fully saturated rings. The first-order chi connectivity index (χ1) is 10.1. The number of aromatic carboxylic acids is 1. The fourth-order valence-corrected chi connectivity index (χ4v) is 2.54. The van der Waals surface area contributed by atoms with Crippen molar-refractivity contribution < 1.29 is 14.7 Å². The van der Waals surface area contributed by atoms with Crippen LogP contribution in [0, 0.1) is 0 Å². The quantitative estimate of drug-likeness (QED) is 0.925. The van der Waals surface area contributed by atoms with Gasteiger partial charge in [-0.15, -0.1) is 0 Å². The normalized spacial score (nSPS) is 13.2. The van der Waals surface area contributed by atoms with E-state index < -0.39 is 5.97 Å². The summed E-state index contributed by atoms with van der Waals surface area (Å²) in [6.45, 7) is 1.09. The monoisotopic (exact) mass is 285 g/mol. The predicted octanol–water partition coefficient (Wildman–Crippen LogP) is 1.56. The van der Waals surface area contributed by atoms with Crippen LogP contribution in [0.3, 0.4) is 0 Å². The van der Waals surface area contributed by atoms with Crippen molar-refractivity contribution in [3.8, 4) is 0 Å². The lowest BCUT2D eigenvalue weighted by Crippen LogP contribution is -2.29. The van der Waals surface area contributed by atoms with E-state index >= 15 is 0 Å². The van der Waals surface area contributed by atoms with E-state index in [1.165, 1.54) is 22.6 Å². The molecule has 6 heteroatoms. The second-order valence-corrected chi connectivity index (χ2v) is 4.97. The van der Waals surface area contributed by atoms with Crippen molar-refractivity contribution in [2.45, 2.75) is 19.4 Å². The van der Waals surface area contributed by atoms with E-state index in [-0.39, 0.29) is 11.5 Å². The van der Waals surface area contributed by atoms with Crippen molar-refractivity contribution in [2.75, 3.05) is 11.4 Å². The lowest BCUT2D eigenvalue weighted by molar-refractivity contribution is -0.118. The fraction of sp³-hybridized carbons (Fsp3) is 0.267. The van der Waals surface area contributed by atoms with Crippen LogP contribution >= 0.6 is 0 Å². The van der Waals surface area contributed by atoms with Gasteiger partial charge in [-0.2, -0.15) is 5.10 Å². The Morgan fingerprint density at radius 3 is 2.86 bits per heavy atom. The predicted molar refractivity (Wildman–Crippen MR) is 76.3 cm³/mol. The molecular formula is C15H15N3O3. The Morgan fingerprint density at radius 1 is 1.29 bits per heavy atom. The minimum absolute atomic E-state index is 0.0346. The Balaban J connectivity index is 1.63. The Labute approximate surface area is 121 Å². The number of rotatable bonds is 4. The second kappa shape index (κ2) is 5.40. The zero-order valence-corrected chi connectivity index (χ0v) is 11.4. The number of aromatic nitrogens is 2. The summed E-state index contributed by atoms with van der Waals surface area (Å²) < 4.78 is 1.49. The van der Waals surface area contributed by atoms with Crippen LogP contribution in [0.1, 0.15) is 22.3 Å². The SMILES string of the molecule is O=C(O)c1cnn(CCC(=O)N2CCc3ccccc32)c1.